The number of hydrogen-bond acceptors (Lipinski definition) is 3. The highest BCUT2D eigenvalue weighted by molar-refractivity contribution is 5.72. The second kappa shape index (κ2) is 4.61. The van der Waals surface area contributed by atoms with Gasteiger partial charge in [-0.3, -0.25) is 0 Å². The zero-order valence-corrected chi connectivity index (χ0v) is 8.96. The summed E-state index contributed by atoms with van der Waals surface area (Å²) >= 11 is 0. The molecule has 0 aliphatic heterocycles. The molecule has 0 radical (unpaired) electrons. The summed E-state index contributed by atoms with van der Waals surface area (Å²) in [6.07, 6.45) is 2.71. The van der Waals surface area contributed by atoms with Gasteiger partial charge in [0.25, 0.3) is 0 Å². The average Bonchev–Trinajstić information content (AvgIpc) is 2.80. The third-order valence-corrected chi connectivity index (χ3v) is 2.13. The monoisotopic (exact) mass is 216 g/mol. The number of benzene rings is 1. The predicted molar refractivity (Wildman–Crippen MR) is 60.1 cm³/mol. The Labute approximate surface area is 93.5 Å². The van der Waals surface area contributed by atoms with Gasteiger partial charge in [-0.2, -0.15) is 0 Å². The molecule has 0 N–H and O–H groups in total. The number of hydrogen-bond donors (Lipinski definition) is 0. The van der Waals surface area contributed by atoms with Crippen LogP contribution in [0, 0.1) is 0 Å². The van der Waals surface area contributed by atoms with Crippen molar-refractivity contribution in [2.24, 2.45) is 0 Å². The molecule has 0 amide bonds. The van der Waals surface area contributed by atoms with Crippen LogP contribution >= 0.6 is 0 Å². The Hall–Kier alpha value is -2.10. The van der Waals surface area contributed by atoms with E-state index in [4.69, 9.17) is 4.74 Å². The Bertz CT molecular complexity index is 477. The molecule has 2 aromatic rings. The Morgan fingerprint density at radius 1 is 1.38 bits per heavy atom. The van der Waals surface area contributed by atoms with Crippen LogP contribution in [0.1, 0.15) is 6.92 Å². The fraction of sp³-hybridized carbons (Fsp3) is 0.167. The molecule has 4 nitrogen and oxygen atoms in total. The maximum Gasteiger partial charge on any atom is 0.419 e. The lowest BCUT2D eigenvalue weighted by Crippen LogP contribution is -2.10. The lowest BCUT2D eigenvalue weighted by molar-refractivity contribution is 0.154. The highest BCUT2D eigenvalue weighted by atomic mass is 16.5. The van der Waals surface area contributed by atoms with Crippen LogP contribution in [0.3, 0.4) is 0 Å². The van der Waals surface area contributed by atoms with E-state index in [0.717, 1.165) is 11.3 Å². The maximum absolute atomic E-state index is 11.4. The van der Waals surface area contributed by atoms with Crippen LogP contribution in [-0.2, 0) is 4.74 Å². The molecule has 1 heterocycles. The van der Waals surface area contributed by atoms with Crippen LogP contribution in [0.2, 0.25) is 0 Å². The summed E-state index contributed by atoms with van der Waals surface area (Å²) in [6.45, 7) is 2.13. The summed E-state index contributed by atoms with van der Waals surface area (Å²) in [5.74, 6) is 0. The van der Waals surface area contributed by atoms with E-state index >= 15 is 0 Å². The lowest BCUT2D eigenvalue weighted by atomic mass is 10.2. The number of carbonyl (C=O) groups excluding carboxylic acids is 1. The Morgan fingerprint density at radius 2 is 2.12 bits per heavy atom. The first-order chi connectivity index (χ1) is 7.81. The number of carbonyl (C=O) groups is 1. The van der Waals surface area contributed by atoms with Crippen molar-refractivity contribution in [3.05, 3.63) is 42.9 Å². The molecule has 1 aromatic heterocycles. The fourth-order valence-electron chi connectivity index (χ4n) is 1.38. The molecule has 0 bridgehead atoms. The van der Waals surface area contributed by atoms with E-state index < -0.39 is 6.09 Å². The van der Waals surface area contributed by atoms with Crippen LogP contribution in [0.15, 0.2) is 42.9 Å². The molecule has 16 heavy (non-hydrogen) atoms. The van der Waals surface area contributed by atoms with E-state index in [1.165, 1.54) is 10.9 Å². The van der Waals surface area contributed by atoms with Gasteiger partial charge in [-0.05, 0) is 6.92 Å². The van der Waals surface area contributed by atoms with E-state index in [-0.39, 0.29) is 0 Å². The zero-order chi connectivity index (χ0) is 11.4. The van der Waals surface area contributed by atoms with Crippen LogP contribution in [0.25, 0.3) is 11.3 Å². The first-order valence-electron chi connectivity index (χ1n) is 5.08. The normalized spacial score (nSPS) is 10.1. The van der Waals surface area contributed by atoms with Crippen molar-refractivity contribution in [1.29, 1.82) is 0 Å². The zero-order valence-electron chi connectivity index (χ0n) is 8.96. The SMILES string of the molecule is CCOC(=O)n1cnc(-c2ccccc2)c1. The molecular weight excluding hydrogens is 204 g/mol. The van der Waals surface area contributed by atoms with E-state index in [0.29, 0.717) is 6.61 Å². The van der Waals surface area contributed by atoms with Crippen molar-refractivity contribution in [3.8, 4) is 11.3 Å². The van der Waals surface area contributed by atoms with Crippen molar-refractivity contribution in [1.82, 2.24) is 9.55 Å². The van der Waals surface area contributed by atoms with Crippen molar-refractivity contribution in [2.75, 3.05) is 6.61 Å². The lowest BCUT2D eigenvalue weighted by Gasteiger charge is -1.99. The minimum absolute atomic E-state index is 0.359. The molecule has 0 fully saturated rings. The third kappa shape index (κ3) is 2.11. The average molecular weight is 216 g/mol. The summed E-state index contributed by atoms with van der Waals surface area (Å²) in [5.41, 5.74) is 1.74. The molecule has 0 aliphatic rings. The van der Waals surface area contributed by atoms with Crippen molar-refractivity contribution in [2.45, 2.75) is 6.92 Å². The van der Waals surface area contributed by atoms with Crippen molar-refractivity contribution in [3.63, 3.8) is 0 Å². The molecular formula is C12H12N2O2. The molecule has 0 saturated heterocycles. The fourth-order valence-corrected chi connectivity index (χ4v) is 1.38. The van der Waals surface area contributed by atoms with Gasteiger partial charge in [0.05, 0.1) is 12.3 Å². The number of imidazole rings is 1. The van der Waals surface area contributed by atoms with Gasteiger partial charge in [-0.25, -0.2) is 14.3 Å². The summed E-state index contributed by atoms with van der Waals surface area (Å²) in [6, 6.07) is 9.68. The van der Waals surface area contributed by atoms with E-state index in [2.05, 4.69) is 4.98 Å². The Morgan fingerprint density at radius 3 is 2.81 bits per heavy atom. The van der Waals surface area contributed by atoms with Crippen LogP contribution in [0.5, 0.6) is 0 Å². The first-order valence-corrected chi connectivity index (χ1v) is 5.08. The largest absolute Gasteiger partial charge is 0.449 e. The quantitative estimate of drug-likeness (QED) is 0.774. The summed E-state index contributed by atoms with van der Waals surface area (Å²) in [5, 5.41) is 0. The molecule has 0 spiro atoms. The predicted octanol–water partition coefficient (Wildman–Crippen LogP) is 2.55. The van der Waals surface area contributed by atoms with Crippen LogP contribution < -0.4 is 0 Å². The van der Waals surface area contributed by atoms with Gasteiger partial charge in [0.1, 0.15) is 6.33 Å². The van der Waals surface area contributed by atoms with Gasteiger partial charge in [0.15, 0.2) is 0 Å². The minimum Gasteiger partial charge on any atom is -0.449 e. The molecule has 0 atom stereocenters. The van der Waals surface area contributed by atoms with Crippen LogP contribution in [-0.4, -0.2) is 22.3 Å². The molecule has 0 aliphatic carbocycles. The van der Waals surface area contributed by atoms with Gasteiger partial charge in [0.2, 0.25) is 0 Å². The highest BCUT2D eigenvalue weighted by Gasteiger charge is 2.07. The second-order valence-corrected chi connectivity index (χ2v) is 3.23. The number of aromatic nitrogens is 2. The molecule has 4 heteroatoms. The maximum atomic E-state index is 11.4. The molecule has 1 aromatic carbocycles. The van der Waals surface area contributed by atoms with E-state index in [1.807, 2.05) is 30.3 Å². The smallest absolute Gasteiger partial charge is 0.419 e. The number of rotatable bonds is 2. The standard InChI is InChI=1S/C12H12N2O2/c1-2-16-12(15)14-8-11(13-9-14)10-6-4-3-5-7-10/h3-9H,2H2,1H3. The van der Waals surface area contributed by atoms with E-state index in [9.17, 15) is 4.79 Å². The van der Waals surface area contributed by atoms with Gasteiger partial charge in [-0.1, -0.05) is 30.3 Å². The summed E-state index contributed by atoms with van der Waals surface area (Å²) in [7, 11) is 0. The van der Waals surface area contributed by atoms with Gasteiger partial charge >= 0.3 is 6.09 Å². The Balaban J connectivity index is 2.23. The highest BCUT2D eigenvalue weighted by Crippen LogP contribution is 2.15. The van der Waals surface area contributed by atoms with Gasteiger partial charge in [-0.15, -0.1) is 0 Å². The number of nitrogens with zero attached hydrogens (tertiary/aromatic N) is 2. The topological polar surface area (TPSA) is 44.1 Å². The minimum atomic E-state index is -0.405. The molecule has 2 rings (SSSR count). The number of ether oxygens (including phenoxy) is 1. The third-order valence-electron chi connectivity index (χ3n) is 2.13. The Kier molecular flexibility index (Phi) is 3.00. The summed E-state index contributed by atoms with van der Waals surface area (Å²) < 4.78 is 6.20. The first kappa shape index (κ1) is 10.4. The van der Waals surface area contributed by atoms with E-state index in [1.54, 1.807) is 13.1 Å². The molecule has 0 unspecified atom stereocenters. The molecule has 0 saturated carbocycles. The van der Waals surface area contributed by atoms with Crippen LogP contribution in [0.4, 0.5) is 4.79 Å². The second-order valence-electron chi connectivity index (χ2n) is 3.23. The van der Waals surface area contributed by atoms with Gasteiger partial charge < -0.3 is 4.74 Å². The molecule has 82 valence electrons. The van der Waals surface area contributed by atoms with Crippen molar-refractivity contribution >= 4 is 6.09 Å². The van der Waals surface area contributed by atoms with Crippen molar-refractivity contribution < 1.29 is 9.53 Å². The van der Waals surface area contributed by atoms with Gasteiger partial charge in [0, 0.05) is 11.8 Å². The summed E-state index contributed by atoms with van der Waals surface area (Å²) in [4.78, 5) is 15.5.